The van der Waals surface area contributed by atoms with Crippen LogP contribution in [0.25, 0.3) is 0 Å². The van der Waals surface area contributed by atoms with Crippen molar-refractivity contribution < 1.29 is 9.90 Å². The van der Waals surface area contributed by atoms with E-state index in [1.165, 1.54) is 0 Å². The standard InChI is InChI=1S/C12H18N4O2/c1-16(2)11-4-3-8(6-14-11)15-12(18)10-5-9(17)7-13-10/h3-4,6,9-10,13,17H,5,7H2,1-2H3,(H,15,18). The zero-order chi connectivity index (χ0) is 13.1. The number of rotatable bonds is 3. The molecule has 2 rings (SSSR count). The van der Waals surface area contributed by atoms with Crippen LogP contribution in [0.4, 0.5) is 11.5 Å². The first kappa shape index (κ1) is 12.8. The lowest BCUT2D eigenvalue weighted by Gasteiger charge is -2.13. The summed E-state index contributed by atoms with van der Waals surface area (Å²) in [4.78, 5) is 18.0. The minimum absolute atomic E-state index is 0.133. The van der Waals surface area contributed by atoms with E-state index in [0.29, 0.717) is 18.7 Å². The summed E-state index contributed by atoms with van der Waals surface area (Å²) in [6.45, 7) is 0.468. The predicted molar refractivity (Wildman–Crippen MR) is 69.6 cm³/mol. The number of amides is 1. The van der Waals surface area contributed by atoms with E-state index in [0.717, 1.165) is 5.82 Å². The number of carbonyl (C=O) groups is 1. The molecule has 1 aromatic rings. The number of nitrogens with one attached hydrogen (secondary N) is 2. The van der Waals surface area contributed by atoms with Crippen LogP contribution in [0, 0.1) is 0 Å². The highest BCUT2D eigenvalue weighted by Crippen LogP contribution is 2.13. The number of β-amino-alcohol motifs (C(OH)–C–C–N with tert-alkyl or cyclic N) is 1. The second kappa shape index (κ2) is 5.32. The Labute approximate surface area is 106 Å². The van der Waals surface area contributed by atoms with E-state index < -0.39 is 6.10 Å². The number of hydrogen-bond acceptors (Lipinski definition) is 5. The first-order chi connectivity index (χ1) is 8.56. The molecule has 1 aromatic heterocycles. The fourth-order valence-electron chi connectivity index (χ4n) is 1.87. The molecule has 0 aromatic carbocycles. The van der Waals surface area contributed by atoms with Gasteiger partial charge in [0.15, 0.2) is 0 Å². The summed E-state index contributed by atoms with van der Waals surface area (Å²) < 4.78 is 0. The van der Waals surface area contributed by atoms with E-state index in [1.54, 1.807) is 6.20 Å². The lowest BCUT2D eigenvalue weighted by molar-refractivity contribution is -0.117. The van der Waals surface area contributed by atoms with Crippen LogP contribution in [-0.2, 0) is 4.79 Å². The minimum atomic E-state index is -0.435. The maximum absolute atomic E-state index is 11.9. The smallest absolute Gasteiger partial charge is 0.241 e. The van der Waals surface area contributed by atoms with Gasteiger partial charge in [-0.2, -0.15) is 0 Å². The molecule has 98 valence electrons. The van der Waals surface area contributed by atoms with Crippen LogP contribution in [0.15, 0.2) is 18.3 Å². The summed E-state index contributed by atoms with van der Waals surface area (Å²) in [5, 5.41) is 15.1. The summed E-state index contributed by atoms with van der Waals surface area (Å²) in [5.74, 6) is 0.702. The van der Waals surface area contributed by atoms with Crippen molar-refractivity contribution in [3.63, 3.8) is 0 Å². The monoisotopic (exact) mass is 250 g/mol. The first-order valence-corrected chi connectivity index (χ1v) is 5.92. The normalized spacial score (nSPS) is 22.8. The molecule has 2 heterocycles. The van der Waals surface area contributed by atoms with Gasteiger partial charge in [-0.15, -0.1) is 0 Å². The number of aromatic nitrogens is 1. The van der Waals surface area contributed by atoms with E-state index in [4.69, 9.17) is 0 Å². The van der Waals surface area contributed by atoms with Gasteiger partial charge in [0.1, 0.15) is 5.82 Å². The number of nitrogens with zero attached hydrogens (tertiary/aromatic N) is 2. The van der Waals surface area contributed by atoms with E-state index in [1.807, 2.05) is 31.1 Å². The Kier molecular flexibility index (Phi) is 3.78. The number of aliphatic hydroxyl groups excluding tert-OH is 1. The van der Waals surface area contributed by atoms with Gasteiger partial charge in [0, 0.05) is 20.6 Å². The van der Waals surface area contributed by atoms with Crippen LogP contribution in [0.3, 0.4) is 0 Å². The molecule has 6 heteroatoms. The van der Waals surface area contributed by atoms with Gasteiger partial charge in [-0.05, 0) is 18.6 Å². The topological polar surface area (TPSA) is 77.5 Å². The van der Waals surface area contributed by atoms with Crippen molar-refractivity contribution in [2.45, 2.75) is 18.6 Å². The summed E-state index contributed by atoms with van der Waals surface area (Å²) in [7, 11) is 3.81. The van der Waals surface area contributed by atoms with Gasteiger partial charge in [0.2, 0.25) is 5.91 Å². The molecule has 1 fully saturated rings. The third kappa shape index (κ3) is 2.96. The van der Waals surface area contributed by atoms with Crippen molar-refractivity contribution in [1.82, 2.24) is 10.3 Å². The van der Waals surface area contributed by atoms with Crippen molar-refractivity contribution in [3.05, 3.63) is 18.3 Å². The van der Waals surface area contributed by atoms with Crippen molar-refractivity contribution in [2.75, 3.05) is 30.9 Å². The Morgan fingerprint density at radius 3 is 2.83 bits per heavy atom. The average molecular weight is 250 g/mol. The molecule has 0 radical (unpaired) electrons. The number of carbonyl (C=O) groups excluding carboxylic acids is 1. The number of pyridine rings is 1. The molecule has 2 unspecified atom stereocenters. The maximum atomic E-state index is 11.9. The van der Waals surface area contributed by atoms with Crippen LogP contribution >= 0.6 is 0 Å². The summed E-state index contributed by atoms with van der Waals surface area (Å²) in [6.07, 6.45) is 1.64. The zero-order valence-corrected chi connectivity index (χ0v) is 10.6. The van der Waals surface area contributed by atoms with Crippen molar-refractivity contribution in [1.29, 1.82) is 0 Å². The lowest BCUT2D eigenvalue weighted by atomic mass is 10.2. The van der Waals surface area contributed by atoms with Gasteiger partial charge in [0.25, 0.3) is 0 Å². The molecule has 1 aliphatic heterocycles. The highest BCUT2D eigenvalue weighted by atomic mass is 16.3. The number of hydrogen-bond donors (Lipinski definition) is 3. The number of aliphatic hydroxyl groups is 1. The summed E-state index contributed by atoms with van der Waals surface area (Å²) >= 11 is 0. The quantitative estimate of drug-likeness (QED) is 0.693. The number of anilines is 2. The lowest BCUT2D eigenvalue weighted by Crippen LogP contribution is -2.35. The molecular weight excluding hydrogens is 232 g/mol. The zero-order valence-electron chi connectivity index (χ0n) is 10.6. The largest absolute Gasteiger partial charge is 0.392 e. The third-order valence-electron chi connectivity index (χ3n) is 2.90. The van der Waals surface area contributed by atoms with Gasteiger partial charge in [0.05, 0.1) is 24.0 Å². The van der Waals surface area contributed by atoms with E-state index >= 15 is 0 Å². The molecule has 0 aliphatic carbocycles. The van der Waals surface area contributed by atoms with Crippen LogP contribution < -0.4 is 15.5 Å². The highest BCUT2D eigenvalue weighted by molar-refractivity contribution is 5.95. The minimum Gasteiger partial charge on any atom is -0.392 e. The van der Waals surface area contributed by atoms with Crippen LogP contribution in [0.1, 0.15) is 6.42 Å². The molecule has 0 saturated carbocycles. The van der Waals surface area contributed by atoms with Crippen LogP contribution in [0.5, 0.6) is 0 Å². The Bertz CT molecular complexity index is 419. The fourth-order valence-corrected chi connectivity index (χ4v) is 1.87. The molecule has 1 aliphatic rings. The van der Waals surface area contributed by atoms with Gasteiger partial charge in [-0.1, -0.05) is 0 Å². The Morgan fingerprint density at radius 1 is 1.56 bits per heavy atom. The molecule has 2 atom stereocenters. The summed E-state index contributed by atoms with van der Waals surface area (Å²) in [5.41, 5.74) is 0.661. The SMILES string of the molecule is CN(C)c1ccc(NC(=O)C2CC(O)CN2)cn1. The van der Waals surface area contributed by atoms with Crippen molar-refractivity contribution in [2.24, 2.45) is 0 Å². The van der Waals surface area contributed by atoms with Gasteiger partial charge < -0.3 is 20.6 Å². The molecule has 0 bridgehead atoms. The second-order valence-electron chi connectivity index (χ2n) is 4.64. The highest BCUT2D eigenvalue weighted by Gasteiger charge is 2.27. The van der Waals surface area contributed by atoms with Gasteiger partial charge >= 0.3 is 0 Å². The van der Waals surface area contributed by atoms with E-state index in [9.17, 15) is 9.90 Å². The van der Waals surface area contributed by atoms with Crippen LogP contribution in [0.2, 0.25) is 0 Å². The molecular formula is C12H18N4O2. The van der Waals surface area contributed by atoms with E-state index in [2.05, 4.69) is 15.6 Å². The third-order valence-corrected chi connectivity index (χ3v) is 2.90. The second-order valence-corrected chi connectivity index (χ2v) is 4.64. The van der Waals surface area contributed by atoms with Crippen molar-refractivity contribution >= 4 is 17.4 Å². The van der Waals surface area contributed by atoms with Crippen molar-refractivity contribution in [3.8, 4) is 0 Å². The molecule has 3 N–H and O–H groups in total. The molecule has 6 nitrogen and oxygen atoms in total. The first-order valence-electron chi connectivity index (χ1n) is 5.92. The Balaban J connectivity index is 1.95. The summed E-state index contributed by atoms with van der Waals surface area (Å²) in [6, 6.07) is 3.33. The van der Waals surface area contributed by atoms with Gasteiger partial charge in [-0.3, -0.25) is 4.79 Å². The Hall–Kier alpha value is -1.66. The van der Waals surface area contributed by atoms with Crippen LogP contribution in [-0.4, -0.2) is 48.8 Å². The molecule has 1 amide bonds. The molecule has 0 spiro atoms. The maximum Gasteiger partial charge on any atom is 0.241 e. The molecule has 1 saturated heterocycles. The van der Waals surface area contributed by atoms with E-state index in [-0.39, 0.29) is 11.9 Å². The Morgan fingerprint density at radius 2 is 2.33 bits per heavy atom. The fraction of sp³-hybridized carbons (Fsp3) is 0.500. The van der Waals surface area contributed by atoms with Gasteiger partial charge in [-0.25, -0.2) is 4.98 Å². The molecule has 18 heavy (non-hydrogen) atoms. The predicted octanol–water partition coefficient (Wildman–Crippen LogP) is -0.191. The average Bonchev–Trinajstić information content (AvgIpc) is 2.76.